The molecule has 18 heavy (non-hydrogen) atoms. The summed E-state index contributed by atoms with van der Waals surface area (Å²) < 4.78 is 4.27. The van der Waals surface area contributed by atoms with Crippen molar-refractivity contribution in [2.24, 2.45) is 0 Å². The van der Waals surface area contributed by atoms with E-state index in [4.69, 9.17) is 10.8 Å². The van der Waals surface area contributed by atoms with Gasteiger partial charge in [0.15, 0.2) is 6.10 Å². The van der Waals surface area contributed by atoms with E-state index in [0.717, 1.165) is 13.2 Å². The zero-order valence-corrected chi connectivity index (χ0v) is 9.53. The van der Waals surface area contributed by atoms with Crippen molar-refractivity contribution in [2.45, 2.75) is 12.2 Å². The van der Waals surface area contributed by atoms with Crippen molar-refractivity contribution in [1.29, 1.82) is 0 Å². The summed E-state index contributed by atoms with van der Waals surface area (Å²) in [6.07, 6.45) is -3.37. The molecule has 0 aromatic heterocycles. The molecule has 1 aromatic rings. The normalized spacial score (nSPS) is 13.7. The topological polar surface area (TPSA) is 130 Å². The fourth-order valence-electron chi connectivity index (χ4n) is 1.40. The quantitative estimate of drug-likeness (QED) is 0.422. The summed E-state index contributed by atoms with van der Waals surface area (Å²) in [7, 11) is 1.06. The average molecular weight is 255 g/mol. The van der Waals surface area contributed by atoms with Crippen molar-refractivity contribution in [3.8, 4) is 0 Å². The number of anilines is 1. The Kier molecular flexibility index (Phi) is 4.24. The predicted octanol–water partition coefficient (Wildman–Crippen LogP) is -0.466. The van der Waals surface area contributed by atoms with Crippen LogP contribution >= 0.6 is 0 Å². The molecule has 2 atom stereocenters. The Morgan fingerprint density at radius 3 is 2.39 bits per heavy atom. The standard InChI is InChI=1S/C11H13NO6/c1-18-11(17)9(14)8(13)6-3-2-5(10(15)16)4-7(6)12/h2-4,8-9,13-14H,12H2,1H3,(H,15,16). The number of nitrogen functional groups attached to an aromatic ring is 1. The van der Waals surface area contributed by atoms with E-state index >= 15 is 0 Å². The average Bonchev–Trinajstić information content (AvgIpc) is 2.35. The van der Waals surface area contributed by atoms with E-state index in [0.29, 0.717) is 0 Å². The SMILES string of the molecule is COC(=O)C(O)C(O)c1ccc(C(=O)O)cc1N. The number of rotatable bonds is 4. The third-order valence-corrected chi connectivity index (χ3v) is 2.39. The predicted molar refractivity (Wildman–Crippen MR) is 60.8 cm³/mol. The Bertz CT molecular complexity index is 473. The number of nitrogens with two attached hydrogens (primary N) is 1. The second-order valence-corrected chi connectivity index (χ2v) is 3.56. The Balaban J connectivity index is 3.03. The van der Waals surface area contributed by atoms with Crippen molar-refractivity contribution in [3.63, 3.8) is 0 Å². The van der Waals surface area contributed by atoms with Gasteiger partial charge in [0, 0.05) is 11.3 Å². The molecule has 1 rings (SSSR count). The summed E-state index contributed by atoms with van der Waals surface area (Å²) in [4.78, 5) is 21.7. The number of carbonyl (C=O) groups is 2. The van der Waals surface area contributed by atoms with Gasteiger partial charge in [-0.2, -0.15) is 0 Å². The van der Waals surface area contributed by atoms with E-state index in [-0.39, 0.29) is 16.8 Å². The van der Waals surface area contributed by atoms with Crippen LogP contribution in [0.5, 0.6) is 0 Å². The molecule has 5 N–H and O–H groups in total. The second kappa shape index (κ2) is 5.48. The summed E-state index contributed by atoms with van der Waals surface area (Å²) in [6.45, 7) is 0. The molecule has 2 unspecified atom stereocenters. The molecular weight excluding hydrogens is 242 g/mol. The highest BCUT2D eigenvalue weighted by molar-refractivity contribution is 5.89. The van der Waals surface area contributed by atoms with E-state index in [1.165, 1.54) is 12.1 Å². The van der Waals surface area contributed by atoms with Gasteiger partial charge in [0.25, 0.3) is 0 Å². The molecule has 0 heterocycles. The van der Waals surface area contributed by atoms with Crippen molar-refractivity contribution in [2.75, 3.05) is 12.8 Å². The van der Waals surface area contributed by atoms with Gasteiger partial charge in [-0.3, -0.25) is 0 Å². The Hall–Kier alpha value is -2.12. The van der Waals surface area contributed by atoms with Gasteiger partial charge in [0.2, 0.25) is 0 Å². The van der Waals surface area contributed by atoms with Crippen LogP contribution in [0.2, 0.25) is 0 Å². The minimum Gasteiger partial charge on any atom is -0.478 e. The van der Waals surface area contributed by atoms with Gasteiger partial charge in [-0.05, 0) is 12.1 Å². The summed E-state index contributed by atoms with van der Waals surface area (Å²) in [5, 5.41) is 27.9. The first-order chi connectivity index (χ1) is 8.38. The van der Waals surface area contributed by atoms with E-state index in [1.54, 1.807) is 0 Å². The molecule has 0 aliphatic rings. The summed E-state index contributed by atoms with van der Waals surface area (Å²) in [5.74, 6) is -2.18. The van der Waals surface area contributed by atoms with Crippen LogP contribution in [0.1, 0.15) is 22.0 Å². The van der Waals surface area contributed by atoms with E-state index < -0.39 is 24.1 Å². The van der Waals surface area contributed by atoms with Crippen LogP contribution in [0.15, 0.2) is 18.2 Å². The highest BCUT2D eigenvalue weighted by Crippen LogP contribution is 2.24. The molecule has 0 fully saturated rings. The number of carboxylic acid groups (broad SMARTS) is 1. The van der Waals surface area contributed by atoms with Crippen LogP contribution in [-0.2, 0) is 9.53 Å². The monoisotopic (exact) mass is 255 g/mol. The number of aromatic carboxylic acids is 1. The van der Waals surface area contributed by atoms with Crippen molar-refractivity contribution in [1.82, 2.24) is 0 Å². The molecular formula is C11H13NO6. The number of carbonyl (C=O) groups excluding carboxylic acids is 1. The van der Waals surface area contributed by atoms with Crippen LogP contribution in [0.25, 0.3) is 0 Å². The first kappa shape index (κ1) is 13.9. The Morgan fingerprint density at radius 1 is 1.33 bits per heavy atom. The minimum absolute atomic E-state index is 0.0367. The number of benzene rings is 1. The number of aliphatic hydroxyl groups is 2. The molecule has 0 aliphatic heterocycles. The molecule has 0 amide bonds. The Morgan fingerprint density at radius 2 is 1.94 bits per heavy atom. The summed E-state index contributed by atoms with van der Waals surface area (Å²) in [6, 6.07) is 3.57. The number of carboxylic acids is 1. The third-order valence-electron chi connectivity index (χ3n) is 2.39. The van der Waals surface area contributed by atoms with Gasteiger partial charge in [-0.15, -0.1) is 0 Å². The zero-order valence-electron chi connectivity index (χ0n) is 9.53. The van der Waals surface area contributed by atoms with Crippen LogP contribution < -0.4 is 5.73 Å². The molecule has 0 bridgehead atoms. The number of methoxy groups -OCH3 is 1. The third kappa shape index (κ3) is 2.76. The number of ether oxygens (including phenoxy) is 1. The maximum atomic E-state index is 11.0. The second-order valence-electron chi connectivity index (χ2n) is 3.56. The summed E-state index contributed by atoms with van der Waals surface area (Å²) >= 11 is 0. The molecule has 98 valence electrons. The highest BCUT2D eigenvalue weighted by atomic mass is 16.5. The Labute approximate surface area is 102 Å². The lowest BCUT2D eigenvalue weighted by molar-refractivity contribution is -0.156. The molecule has 0 aliphatic carbocycles. The van der Waals surface area contributed by atoms with Crippen LogP contribution in [0, 0.1) is 0 Å². The van der Waals surface area contributed by atoms with Gasteiger partial charge in [0.05, 0.1) is 12.7 Å². The highest BCUT2D eigenvalue weighted by Gasteiger charge is 2.28. The van der Waals surface area contributed by atoms with Gasteiger partial charge in [0.1, 0.15) is 6.10 Å². The van der Waals surface area contributed by atoms with E-state index in [1.807, 2.05) is 0 Å². The van der Waals surface area contributed by atoms with Gasteiger partial charge in [-0.25, -0.2) is 9.59 Å². The fraction of sp³-hybridized carbons (Fsp3) is 0.273. The smallest absolute Gasteiger partial charge is 0.337 e. The number of aliphatic hydroxyl groups excluding tert-OH is 2. The molecule has 0 saturated carbocycles. The lowest BCUT2D eigenvalue weighted by atomic mass is 10.0. The fourth-order valence-corrected chi connectivity index (χ4v) is 1.40. The van der Waals surface area contributed by atoms with Crippen LogP contribution in [-0.4, -0.2) is 40.5 Å². The first-order valence-corrected chi connectivity index (χ1v) is 4.95. The molecule has 1 aromatic carbocycles. The zero-order chi connectivity index (χ0) is 13.9. The molecule has 0 radical (unpaired) electrons. The molecule has 0 saturated heterocycles. The van der Waals surface area contributed by atoms with Gasteiger partial charge in [-0.1, -0.05) is 6.07 Å². The molecule has 7 heteroatoms. The number of esters is 1. The number of hydrogen-bond acceptors (Lipinski definition) is 6. The van der Waals surface area contributed by atoms with Crippen molar-refractivity contribution < 1.29 is 29.6 Å². The molecule has 0 spiro atoms. The maximum Gasteiger partial charge on any atom is 0.337 e. The molecule has 7 nitrogen and oxygen atoms in total. The van der Waals surface area contributed by atoms with Crippen LogP contribution in [0.3, 0.4) is 0 Å². The van der Waals surface area contributed by atoms with Crippen LogP contribution in [0.4, 0.5) is 5.69 Å². The first-order valence-electron chi connectivity index (χ1n) is 4.95. The lowest BCUT2D eigenvalue weighted by Crippen LogP contribution is -2.29. The largest absolute Gasteiger partial charge is 0.478 e. The van der Waals surface area contributed by atoms with Crippen molar-refractivity contribution in [3.05, 3.63) is 29.3 Å². The van der Waals surface area contributed by atoms with Crippen molar-refractivity contribution >= 4 is 17.6 Å². The van der Waals surface area contributed by atoms with E-state index in [2.05, 4.69) is 4.74 Å². The van der Waals surface area contributed by atoms with E-state index in [9.17, 15) is 19.8 Å². The van der Waals surface area contributed by atoms with Gasteiger partial charge < -0.3 is 25.8 Å². The lowest BCUT2D eigenvalue weighted by Gasteiger charge is -2.17. The van der Waals surface area contributed by atoms with Gasteiger partial charge >= 0.3 is 11.9 Å². The minimum atomic E-state index is -1.78. The maximum absolute atomic E-state index is 11.0. The summed E-state index contributed by atoms with van der Waals surface area (Å²) in [5.41, 5.74) is 5.51. The number of hydrogen-bond donors (Lipinski definition) is 4.